The van der Waals surface area contributed by atoms with Gasteiger partial charge in [-0.3, -0.25) is 14.5 Å². The molecule has 136 valence electrons. The first-order chi connectivity index (χ1) is 12.1. The molecule has 8 nitrogen and oxygen atoms in total. The molecule has 1 saturated heterocycles. The lowest BCUT2D eigenvalue weighted by molar-refractivity contribution is -0.123. The van der Waals surface area contributed by atoms with Crippen molar-refractivity contribution in [3.63, 3.8) is 0 Å². The lowest BCUT2D eigenvalue weighted by atomic mass is 10.1. The van der Waals surface area contributed by atoms with Crippen LogP contribution >= 0.6 is 0 Å². The monoisotopic (exact) mass is 348 g/mol. The number of carbonyl (C=O) groups is 2. The molecular formula is C17H24N4O4. The van der Waals surface area contributed by atoms with Crippen LogP contribution in [-0.2, 0) is 22.6 Å². The standard InChI is InChI=1S/C17H24N4O4/c1-3-21-10-14-13(17(21)23)8-12(16(19-14)24-2)9-18-15(22)11-20-4-6-25-7-5-20/h8H,3-7,9-11H2,1-2H3,(H,18,22). The van der Waals surface area contributed by atoms with E-state index in [1.54, 1.807) is 18.1 Å². The molecule has 0 unspecified atom stereocenters. The Kier molecular flexibility index (Phi) is 5.50. The van der Waals surface area contributed by atoms with Crippen molar-refractivity contribution >= 4 is 11.8 Å². The molecule has 0 saturated carbocycles. The van der Waals surface area contributed by atoms with E-state index in [2.05, 4.69) is 15.2 Å². The maximum absolute atomic E-state index is 12.3. The first-order valence-electron chi connectivity index (χ1n) is 8.55. The molecular weight excluding hydrogens is 324 g/mol. The molecule has 25 heavy (non-hydrogen) atoms. The van der Waals surface area contributed by atoms with Gasteiger partial charge in [0.05, 0.1) is 44.7 Å². The van der Waals surface area contributed by atoms with Crippen molar-refractivity contribution in [2.75, 3.05) is 46.5 Å². The van der Waals surface area contributed by atoms with Crippen LogP contribution in [0, 0.1) is 0 Å². The van der Waals surface area contributed by atoms with Crippen molar-refractivity contribution in [3.8, 4) is 5.88 Å². The highest BCUT2D eigenvalue weighted by molar-refractivity contribution is 5.98. The van der Waals surface area contributed by atoms with Crippen molar-refractivity contribution in [3.05, 3.63) is 22.9 Å². The Morgan fingerprint density at radius 2 is 2.16 bits per heavy atom. The maximum atomic E-state index is 12.3. The predicted octanol–water partition coefficient (Wildman–Crippen LogP) is 0.0143. The van der Waals surface area contributed by atoms with Crippen LogP contribution < -0.4 is 10.1 Å². The van der Waals surface area contributed by atoms with Gasteiger partial charge in [0.25, 0.3) is 5.91 Å². The molecule has 0 aromatic carbocycles. The average Bonchev–Trinajstić information content (AvgIpc) is 2.95. The largest absolute Gasteiger partial charge is 0.481 e. The Balaban J connectivity index is 1.65. The van der Waals surface area contributed by atoms with Gasteiger partial charge in [0.15, 0.2) is 0 Å². The van der Waals surface area contributed by atoms with E-state index in [4.69, 9.17) is 9.47 Å². The number of morpholine rings is 1. The number of fused-ring (bicyclic) bond motifs is 1. The fourth-order valence-corrected chi connectivity index (χ4v) is 3.07. The summed E-state index contributed by atoms with van der Waals surface area (Å²) in [6.45, 7) is 6.55. The van der Waals surface area contributed by atoms with E-state index in [0.29, 0.717) is 49.9 Å². The number of hydrogen-bond donors (Lipinski definition) is 1. The molecule has 0 bridgehead atoms. The second-order valence-electron chi connectivity index (χ2n) is 6.14. The minimum absolute atomic E-state index is 0.0199. The van der Waals surface area contributed by atoms with Crippen molar-refractivity contribution in [2.24, 2.45) is 0 Å². The summed E-state index contributed by atoms with van der Waals surface area (Å²) in [6.07, 6.45) is 0. The Morgan fingerprint density at radius 3 is 2.84 bits per heavy atom. The molecule has 3 rings (SSSR count). The lowest BCUT2D eigenvalue weighted by Crippen LogP contribution is -2.43. The molecule has 1 N–H and O–H groups in total. The highest BCUT2D eigenvalue weighted by Gasteiger charge is 2.29. The van der Waals surface area contributed by atoms with Crippen molar-refractivity contribution in [1.82, 2.24) is 20.1 Å². The third-order valence-electron chi connectivity index (χ3n) is 4.52. The van der Waals surface area contributed by atoms with E-state index in [-0.39, 0.29) is 18.4 Å². The van der Waals surface area contributed by atoms with Crippen molar-refractivity contribution in [2.45, 2.75) is 20.0 Å². The predicted molar refractivity (Wildman–Crippen MR) is 90.3 cm³/mol. The third-order valence-corrected chi connectivity index (χ3v) is 4.52. The van der Waals surface area contributed by atoms with Crippen molar-refractivity contribution < 1.29 is 19.1 Å². The van der Waals surface area contributed by atoms with Gasteiger partial charge in [0, 0.05) is 31.7 Å². The van der Waals surface area contributed by atoms with Gasteiger partial charge >= 0.3 is 0 Å². The van der Waals surface area contributed by atoms with Gasteiger partial charge in [-0.1, -0.05) is 0 Å². The molecule has 8 heteroatoms. The first-order valence-corrected chi connectivity index (χ1v) is 8.55. The van der Waals surface area contributed by atoms with Crippen LogP contribution in [0.4, 0.5) is 0 Å². The van der Waals surface area contributed by atoms with Crippen LogP contribution in [0.1, 0.15) is 28.5 Å². The Hall–Kier alpha value is -2.19. The molecule has 1 fully saturated rings. The second kappa shape index (κ2) is 7.79. The fraction of sp³-hybridized carbons (Fsp3) is 0.588. The zero-order valence-corrected chi connectivity index (χ0v) is 14.7. The second-order valence-corrected chi connectivity index (χ2v) is 6.14. The number of methoxy groups -OCH3 is 1. The molecule has 0 atom stereocenters. The normalized spacial score (nSPS) is 17.5. The van der Waals surface area contributed by atoms with Gasteiger partial charge in [-0.15, -0.1) is 0 Å². The van der Waals surface area contributed by atoms with Crippen LogP contribution in [0.5, 0.6) is 5.88 Å². The smallest absolute Gasteiger partial charge is 0.256 e. The summed E-state index contributed by atoms with van der Waals surface area (Å²) >= 11 is 0. The topological polar surface area (TPSA) is 84.0 Å². The highest BCUT2D eigenvalue weighted by Crippen LogP contribution is 2.26. The molecule has 2 amide bonds. The van der Waals surface area contributed by atoms with Crippen molar-refractivity contribution in [1.29, 1.82) is 0 Å². The zero-order chi connectivity index (χ0) is 17.8. The molecule has 1 aromatic heterocycles. The van der Waals surface area contributed by atoms with Gasteiger partial charge in [-0.2, -0.15) is 0 Å². The van der Waals surface area contributed by atoms with Crippen LogP contribution in [-0.4, -0.2) is 73.1 Å². The SMILES string of the molecule is CCN1Cc2nc(OC)c(CNC(=O)CN3CCOCC3)cc2C1=O. The van der Waals surface area contributed by atoms with E-state index in [1.807, 2.05) is 6.92 Å². The van der Waals surface area contributed by atoms with E-state index in [1.165, 1.54) is 0 Å². The maximum Gasteiger partial charge on any atom is 0.256 e. The van der Waals surface area contributed by atoms with E-state index >= 15 is 0 Å². The summed E-state index contributed by atoms with van der Waals surface area (Å²) in [4.78, 5) is 32.7. The van der Waals surface area contributed by atoms with Gasteiger partial charge in [0.1, 0.15) is 0 Å². The summed E-state index contributed by atoms with van der Waals surface area (Å²) < 4.78 is 10.6. The van der Waals surface area contributed by atoms with Gasteiger partial charge in [-0.25, -0.2) is 4.98 Å². The Labute approximate surface area is 147 Å². The fourth-order valence-electron chi connectivity index (χ4n) is 3.07. The Bertz CT molecular complexity index is 658. The van der Waals surface area contributed by atoms with Crippen LogP contribution in [0.25, 0.3) is 0 Å². The minimum Gasteiger partial charge on any atom is -0.481 e. The number of pyridine rings is 1. The molecule has 0 radical (unpaired) electrons. The minimum atomic E-state index is -0.0639. The number of amides is 2. The first kappa shape index (κ1) is 17.6. The van der Waals surface area contributed by atoms with Gasteiger partial charge < -0.3 is 19.7 Å². The van der Waals surface area contributed by atoms with E-state index < -0.39 is 0 Å². The summed E-state index contributed by atoms with van der Waals surface area (Å²) in [6, 6.07) is 1.79. The number of nitrogens with one attached hydrogen (secondary N) is 1. The number of aromatic nitrogens is 1. The third kappa shape index (κ3) is 3.91. The number of nitrogens with zero attached hydrogens (tertiary/aromatic N) is 3. The van der Waals surface area contributed by atoms with Gasteiger partial charge in [0.2, 0.25) is 11.8 Å². The van der Waals surface area contributed by atoms with Crippen LogP contribution in [0.3, 0.4) is 0 Å². The lowest BCUT2D eigenvalue weighted by Gasteiger charge is -2.25. The summed E-state index contributed by atoms with van der Waals surface area (Å²) in [5.74, 6) is 0.371. The quantitative estimate of drug-likeness (QED) is 0.780. The van der Waals surface area contributed by atoms with Gasteiger partial charge in [-0.05, 0) is 13.0 Å². The molecule has 3 heterocycles. The Morgan fingerprint density at radius 1 is 1.40 bits per heavy atom. The zero-order valence-electron chi connectivity index (χ0n) is 14.7. The summed E-state index contributed by atoms with van der Waals surface area (Å²) in [5, 5.41) is 2.89. The summed E-state index contributed by atoms with van der Waals surface area (Å²) in [5.41, 5.74) is 2.04. The summed E-state index contributed by atoms with van der Waals surface area (Å²) in [7, 11) is 1.54. The average molecular weight is 348 g/mol. The van der Waals surface area contributed by atoms with Crippen LogP contribution in [0.15, 0.2) is 6.07 Å². The molecule has 2 aliphatic rings. The number of ether oxygens (including phenoxy) is 2. The number of carbonyl (C=O) groups excluding carboxylic acids is 2. The molecule has 0 aliphatic carbocycles. The molecule has 0 spiro atoms. The molecule has 2 aliphatic heterocycles. The van der Waals surface area contributed by atoms with E-state index in [9.17, 15) is 9.59 Å². The van der Waals surface area contributed by atoms with Crippen LogP contribution in [0.2, 0.25) is 0 Å². The highest BCUT2D eigenvalue weighted by atomic mass is 16.5. The molecule has 1 aromatic rings. The number of hydrogen-bond acceptors (Lipinski definition) is 6. The van der Waals surface area contributed by atoms with E-state index in [0.717, 1.165) is 18.8 Å². The number of rotatable bonds is 6.